The molecule has 20 heavy (non-hydrogen) atoms. The molecular formula is C15H20N4O. The lowest BCUT2D eigenvalue weighted by Gasteiger charge is -2.11. The lowest BCUT2D eigenvalue weighted by molar-refractivity contribution is 0.101. The minimum absolute atomic E-state index is 0.217. The van der Waals surface area contributed by atoms with Gasteiger partial charge in [-0.1, -0.05) is 25.1 Å². The van der Waals surface area contributed by atoms with Gasteiger partial charge in [0.1, 0.15) is 5.69 Å². The highest BCUT2D eigenvalue weighted by molar-refractivity contribution is 6.07. The highest BCUT2D eigenvalue weighted by Crippen LogP contribution is 2.20. The number of carbonyl (C=O) groups excluding carboxylic acids is 1. The van der Waals surface area contributed by atoms with Crippen LogP contribution in [0.4, 0.5) is 11.4 Å². The third-order valence-electron chi connectivity index (χ3n) is 3.33. The summed E-state index contributed by atoms with van der Waals surface area (Å²) in [5.74, 6) is -0.217. The Morgan fingerprint density at radius 1 is 1.35 bits per heavy atom. The fourth-order valence-electron chi connectivity index (χ4n) is 2.20. The van der Waals surface area contributed by atoms with Gasteiger partial charge in [0, 0.05) is 12.2 Å². The molecule has 5 nitrogen and oxygen atoms in total. The second-order valence-corrected chi connectivity index (χ2v) is 4.63. The number of nitrogens with zero attached hydrogens (tertiary/aromatic N) is 2. The second kappa shape index (κ2) is 5.77. The number of rotatable bonds is 4. The number of amides is 1. The summed E-state index contributed by atoms with van der Waals surface area (Å²) in [6, 6.07) is 7.76. The van der Waals surface area contributed by atoms with E-state index in [0.717, 1.165) is 17.7 Å². The Morgan fingerprint density at radius 2 is 2.05 bits per heavy atom. The Bertz CT molecular complexity index is 631. The average Bonchev–Trinajstić information content (AvgIpc) is 2.74. The van der Waals surface area contributed by atoms with E-state index in [2.05, 4.69) is 17.3 Å². The molecule has 0 saturated carbocycles. The number of nitrogen functional groups attached to an aromatic ring is 1. The first-order chi connectivity index (χ1) is 9.58. The summed E-state index contributed by atoms with van der Waals surface area (Å²) in [7, 11) is 0. The van der Waals surface area contributed by atoms with Gasteiger partial charge < -0.3 is 11.1 Å². The topological polar surface area (TPSA) is 72.9 Å². The van der Waals surface area contributed by atoms with Crippen molar-refractivity contribution in [1.82, 2.24) is 9.78 Å². The summed E-state index contributed by atoms with van der Waals surface area (Å²) in [4.78, 5) is 12.4. The van der Waals surface area contributed by atoms with Crippen LogP contribution in [0.15, 0.2) is 24.3 Å². The smallest absolute Gasteiger partial charge is 0.276 e. The van der Waals surface area contributed by atoms with Gasteiger partial charge in [-0.3, -0.25) is 9.48 Å². The number of nitrogens with two attached hydrogens (primary N) is 1. The normalized spacial score (nSPS) is 10.6. The SMILES string of the molecule is CCc1ccccc1NC(=O)c1c(N)c(C)nn1CC. The minimum atomic E-state index is -0.217. The van der Waals surface area contributed by atoms with E-state index in [4.69, 9.17) is 5.73 Å². The predicted molar refractivity (Wildman–Crippen MR) is 80.8 cm³/mol. The Balaban J connectivity index is 2.33. The molecule has 106 valence electrons. The van der Waals surface area contributed by atoms with Crippen molar-refractivity contribution in [3.8, 4) is 0 Å². The van der Waals surface area contributed by atoms with E-state index in [1.165, 1.54) is 0 Å². The number of para-hydroxylation sites is 1. The number of nitrogens with one attached hydrogen (secondary N) is 1. The number of anilines is 2. The lowest BCUT2D eigenvalue weighted by atomic mass is 10.1. The fraction of sp³-hybridized carbons (Fsp3) is 0.333. The number of hydrogen-bond donors (Lipinski definition) is 2. The molecule has 5 heteroatoms. The van der Waals surface area contributed by atoms with Crippen LogP contribution in [-0.4, -0.2) is 15.7 Å². The summed E-state index contributed by atoms with van der Waals surface area (Å²) >= 11 is 0. The van der Waals surface area contributed by atoms with Gasteiger partial charge in [0.25, 0.3) is 5.91 Å². The maximum atomic E-state index is 12.4. The number of aromatic nitrogens is 2. The lowest BCUT2D eigenvalue weighted by Crippen LogP contribution is -2.19. The molecule has 0 spiro atoms. The predicted octanol–water partition coefficient (Wildman–Crippen LogP) is 2.61. The van der Waals surface area contributed by atoms with E-state index in [-0.39, 0.29) is 5.91 Å². The second-order valence-electron chi connectivity index (χ2n) is 4.63. The molecular weight excluding hydrogens is 252 g/mol. The van der Waals surface area contributed by atoms with Crippen molar-refractivity contribution in [2.24, 2.45) is 0 Å². The monoisotopic (exact) mass is 272 g/mol. The van der Waals surface area contributed by atoms with Crippen LogP contribution in [0.2, 0.25) is 0 Å². The highest BCUT2D eigenvalue weighted by Gasteiger charge is 2.19. The molecule has 0 atom stereocenters. The summed E-state index contributed by atoms with van der Waals surface area (Å²) < 4.78 is 1.63. The molecule has 0 bridgehead atoms. The molecule has 1 aromatic carbocycles. The Morgan fingerprint density at radius 3 is 2.70 bits per heavy atom. The summed E-state index contributed by atoms with van der Waals surface area (Å²) in [5.41, 5.74) is 9.43. The number of carbonyl (C=O) groups is 1. The maximum absolute atomic E-state index is 12.4. The quantitative estimate of drug-likeness (QED) is 0.898. The zero-order valence-corrected chi connectivity index (χ0v) is 12.1. The summed E-state index contributed by atoms with van der Waals surface area (Å²) in [5, 5.41) is 7.19. The fourth-order valence-corrected chi connectivity index (χ4v) is 2.20. The number of benzene rings is 1. The van der Waals surface area contributed by atoms with Gasteiger partial charge in [-0.2, -0.15) is 5.10 Å². The molecule has 1 heterocycles. The summed E-state index contributed by atoms with van der Waals surface area (Å²) in [6.45, 7) is 6.40. The van der Waals surface area contributed by atoms with E-state index in [1.807, 2.05) is 31.2 Å². The molecule has 0 saturated heterocycles. The largest absolute Gasteiger partial charge is 0.395 e. The van der Waals surface area contributed by atoms with Crippen molar-refractivity contribution in [2.45, 2.75) is 33.7 Å². The Hall–Kier alpha value is -2.30. The molecule has 2 rings (SSSR count). The van der Waals surface area contributed by atoms with Crippen LogP contribution in [0.3, 0.4) is 0 Å². The van der Waals surface area contributed by atoms with Crippen molar-refractivity contribution in [3.63, 3.8) is 0 Å². The molecule has 0 unspecified atom stereocenters. The van der Waals surface area contributed by atoms with Gasteiger partial charge in [-0.25, -0.2) is 0 Å². The van der Waals surface area contributed by atoms with Gasteiger partial charge >= 0.3 is 0 Å². The minimum Gasteiger partial charge on any atom is -0.395 e. The van der Waals surface area contributed by atoms with Crippen LogP contribution in [-0.2, 0) is 13.0 Å². The van der Waals surface area contributed by atoms with Crippen molar-refractivity contribution in [3.05, 3.63) is 41.2 Å². The van der Waals surface area contributed by atoms with E-state index >= 15 is 0 Å². The van der Waals surface area contributed by atoms with Crippen molar-refractivity contribution < 1.29 is 4.79 Å². The number of aryl methyl sites for hydroxylation is 3. The van der Waals surface area contributed by atoms with Crippen molar-refractivity contribution >= 4 is 17.3 Å². The molecule has 0 aliphatic heterocycles. The first-order valence-electron chi connectivity index (χ1n) is 6.80. The molecule has 1 amide bonds. The van der Waals surface area contributed by atoms with E-state index in [1.54, 1.807) is 11.6 Å². The third kappa shape index (κ3) is 2.52. The van der Waals surface area contributed by atoms with Crippen LogP contribution in [0.1, 0.15) is 35.6 Å². The number of hydrogen-bond acceptors (Lipinski definition) is 3. The van der Waals surface area contributed by atoms with Gasteiger partial charge in [0.05, 0.1) is 11.4 Å². The molecule has 3 N–H and O–H groups in total. The molecule has 1 aromatic heterocycles. The van der Waals surface area contributed by atoms with Crippen molar-refractivity contribution in [1.29, 1.82) is 0 Å². The highest BCUT2D eigenvalue weighted by atomic mass is 16.2. The molecule has 0 aliphatic rings. The van der Waals surface area contributed by atoms with E-state index < -0.39 is 0 Å². The van der Waals surface area contributed by atoms with Crippen LogP contribution in [0.25, 0.3) is 0 Å². The summed E-state index contributed by atoms with van der Waals surface area (Å²) in [6.07, 6.45) is 0.859. The van der Waals surface area contributed by atoms with E-state index in [0.29, 0.717) is 23.6 Å². The molecule has 0 aliphatic carbocycles. The van der Waals surface area contributed by atoms with Crippen molar-refractivity contribution in [2.75, 3.05) is 11.1 Å². The van der Waals surface area contributed by atoms with E-state index in [9.17, 15) is 4.79 Å². The first kappa shape index (κ1) is 14.1. The molecule has 0 radical (unpaired) electrons. The standard InChI is InChI=1S/C15H20N4O/c1-4-11-8-6-7-9-12(11)17-15(20)14-13(16)10(3)18-19(14)5-2/h6-9H,4-5,16H2,1-3H3,(H,17,20). The van der Waals surface area contributed by atoms with Gasteiger partial charge in [0.2, 0.25) is 0 Å². The third-order valence-corrected chi connectivity index (χ3v) is 3.33. The Labute approximate surface area is 118 Å². The van der Waals surface area contributed by atoms with Gasteiger partial charge in [-0.05, 0) is 31.9 Å². The zero-order chi connectivity index (χ0) is 14.7. The van der Waals surface area contributed by atoms with Crippen LogP contribution in [0, 0.1) is 6.92 Å². The van der Waals surface area contributed by atoms with Crippen LogP contribution in [0.5, 0.6) is 0 Å². The Kier molecular flexibility index (Phi) is 4.08. The maximum Gasteiger partial charge on any atom is 0.276 e. The van der Waals surface area contributed by atoms with Gasteiger partial charge in [-0.15, -0.1) is 0 Å². The first-order valence-corrected chi connectivity index (χ1v) is 6.80. The van der Waals surface area contributed by atoms with Crippen LogP contribution >= 0.6 is 0 Å². The average molecular weight is 272 g/mol. The molecule has 2 aromatic rings. The molecule has 0 fully saturated rings. The zero-order valence-electron chi connectivity index (χ0n) is 12.1. The van der Waals surface area contributed by atoms with Crippen LogP contribution < -0.4 is 11.1 Å². The van der Waals surface area contributed by atoms with Gasteiger partial charge in [0.15, 0.2) is 0 Å².